The van der Waals surface area contributed by atoms with E-state index in [-0.39, 0.29) is 36.9 Å². The summed E-state index contributed by atoms with van der Waals surface area (Å²) in [5.74, 6) is 1.27. The van der Waals surface area contributed by atoms with Crippen LogP contribution in [0.3, 0.4) is 0 Å². The van der Waals surface area contributed by atoms with Gasteiger partial charge in [-0.25, -0.2) is 4.79 Å². The van der Waals surface area contributed by atoms with Gasteiger partial charge in [-0.05, 0) is 69.7 Å². The molecule has 12 nitrogen and oxygen atoms in total. The molecule has 2 saturated heterocycles. The first-order chi connectivity index (χ1) is 23.6. The number of ether oxygens (including phenoxy) is 2. The van der Waals surface area contributed by atoms with Gasteiger partial charge in [-0.1, -0.05) is 25.1 Å². The number of H-pyrrole nitrogens is 1. The number of anilines is 1. The Bertz CT molecular complexity index is 1610. The SMILES string of the molecule is CCCOc1cc(-c2cn[nH]c2)ccc1CN(C(=O)[C@@H]1CCCN(c2cccc(OC(C)(C)C(=O)N3CCN(C(=O)O)CC3)c2)C1)C1CC1. The van der Waals surface area contributed by atoms with Crippen LogP contribution in [0.5, 0.6) is 11.5 Å². The highest BCUT2D eigenvalue weighted by Gasteiger charge is 2.39. The van der Waals surface area contributed by atoms with Crippen LogP contribution in [0.2, 0.25) is 0 Å². The average Bonchev–Trinajstić information content (AvgIpc) is 3.81. The molecule has 3 fully saturated rings. The van der Waals surface area contributed by atoms with Crippen molar-refractivity contribution in [3.05, 3.63) is 60.4 Å². The van der Waals surface area contributed by atoms with Crippen molar-refractivity contribution in [2.24, 2.45) is 5.92 Å². The molecule has 12 heteroatoms. The molecular weight excluding hydrogens is 624 g/mol. The van der Waals surface area contributed by atoms with E-state index in [1.54, 1.807) is 24.9 Å². The number of hydrogen-bond acceptors (Lipinski definition) is 7. The van der Waals surface area contributed by atoms with Crippen molar-refractivity contribution in [3.8, 4) is 22.6 Å². The molecule has 3 aromatic rings. The zero-order valence-corrected chi connectivity index (χ0v) is 28.8. The number of aromatic amines is 1. The fraction of sp³-hybridized carbons (Fsp3) is 0.514. The van der Waals surface area contributed by atoms with Crippen molar-refractivity contribution in [2.75, 3.05) is 50.8 Å². The Balaban J connectivity index is 1.12. The number of amides is 3. The van der Waals surface area contributed by atoms with Gasteiger partial charge >= 0.3 is 6.09 Å². The smallest absolute Gasteiger partial charge is 0.407 e. The van der Waals surface area contributed by atoms with Crippen LogP contribution in [0.4, 0.5) is 10.5 Å². The Morgan fingerprint density at radius 3 is 2.47 bits per heavy atom. The van der Waals surface area contributed by atoms with Crippen LogP contribution >= 0.6 is 0 Å². The summed E-state index contributed by atoms with van der Waals surface area (Å²) in [6.07, 6.45) is 7.36. The zero-order valence-electron chi connectivity index (χ0n) is 28.8. The second kappa shape index (κ2) is 14.8. The predicted octanol–water partition coefficient (Wildman–Crippen LogP) is 5.25. The molecule has 2 aromatic carbocycles. The number of piperidine rings is 1. The normalized spacial score (nSPS) is 18.3. The van der Waals surface area contributed by atoms with Gasteiger partial charge < -0.3 is 34.2 Å². The van der Waals surface area contributed by atoms with Crippen LogP contribution in [-0.4, -0.2) is 105 Å². The monoisotopic (exact) mass is 672 g/mol. The molecule has 3 aliphatic rings. The average molecular weight is 673 g/mol. The van der Waals surface area contributed by atoms with Crippen LogP contribution in [0.15, 0.2) is 54.9 Å². The molecule has 0 spiro atoms. The number of rotatable bonds is 12. The second-order valence-electron chi connectivity index (χ2n) is 13.8. The molecule has 6 rings (SSSR count). The first-order valence-corrected chi connectivity index (χ1v) is 17.5. The summed E-state index contributed by atoms with van der Waals surface area (Å²) in [5.41, 5.74) is 2.85. The molecule has 1 saturated carbocycles. The number of carbonyl (C=O) groups excluding carboxylic acids is 2. The van der Waals surface area contributed by atoms with Crippen LogP contribution in [0.1, 0.15) is 58.4 Å². The summed E-state index contributed by atoms with van der Waals surface area (Å²) in [6.45, 7) is 9.39. The highest BCUT2D eigenvalue weighted by atomic mass is 16.5. The fourth-order valence-electron chi connectivity index (χ4n) is 6.79. The van der Waals surface area contributed by atoms with E-state index in [9.17, 15) is 19.5 Å². The maximum absolute atomic E-state index is 14.2. The Hall–Kier alpha value is -4.74. The maximum Gasteiger partial charge on any atom is 0.407 e. The van der Waals surface area contributed by atoms with Crippen LogP contribution in [0, 0.1) is 5.92 Å². The highest BCUT2D eigenvalue weighted by Crippen LogP contribution is 2.36. The molecule has 262 valence electrons. The second-order valence-corrected chi connectivity index (χ2v) is 13.8. The number of piperazine rings is 1. The lowest BCUT2D eigenvalue weighted by atomic mass is 9.95. The summed E-state index contributed by atoms with van der Waals surface area (Å²) in [5, 5.41) is 16.2. The Kier molecular flexibility index (Phi) is 10.3. The third-order valence-electron chi connectivity index (χ3n) is 9.65. The summed E-state index contributed by atoms with van der Waals surface area (Å²) in [4.78, 5) is 46.2. The lowest BCUT2D eigenvalue weighted by molar-refractivity contribution is -0.147. The van der Waals surface area contributed by atoms with Crippen LogP contribution < -0.4 is 14.4 Å². The van der Waals surface area contributed by atoms with Crippen molar-refractivity contribution in [3.63, 3.8) is 0 Å². The Morgan fingerprint density at radius 1 is 1.00 bits per heavy atom. The van der Waals surface area contributed by atoms with E-state index in [0.717, 1.165) is 66.8 Å². The maximum atomic E-state index is 14.2. The van der Waals surface area contributed by atoms with E-state index in [1.165, 1.54) is 4.90 Å². The third kappa shape index (κ3) is 8.12. The van der Waals surface area contributed by atoms with E-state index >= 15 is 0 Å². The minimum absolute atomic E-state index is 0.133. The van der Waals surface area contributed by atoms with Crippen molar-refractivity contribution >= 4 is 23.6 Å². The Labute approximate surface area is 287 Å². The quantitative estimate of drug-likeness (QED) is 0.267. The zero-order chi connectivity index (χ0) is 34.5. The van der Waals surface area contributed by atoms with Crippen molar-refractivity contribution in [1.29, 1.82) is 0 Å². The molecule has 2 aliphatic heterocycles. The van der Waals surface area contributed by atoms with Gasteiger partial charge in [0.2, 0.25) is 5.91 Å². The van der Waals surface area contributed by atoms with E-state index < -0.39 is 11.7 Å². The van der Waals surface area contributed by atoms with E-state index in [0.29, 0.717) is 38.5 Å². The molecule has 2 N–H and O–H groups in total. The number of nitrogens with one attached hydrogen (secondary N) is 1. The fourth-order valence-corrected chi connectivity index (χ4v) is 6.79. The van der Waals surface area contributed by atoms with E-state index in [2.05, 4.69) is 45.1 Å². The summed E-state index contributed by atoms with van der Waals surface area (Å²) < 4.78 is 12.5. The Morgan fingerprint density at radius 2 is 1.78 bits per heavy atom. The number of aromatic nitrogens is 2. The van der Waals surface area contributed by atoms with Gasteiger partial charge in [0.05, 0.1) is 18.7 Å². The number of carbonyl (C=O) groups is 3. The first-order valence-electron chi connectivity index (χ1n) is 17.5. The molecule has 49 heavy (non-hydrogen) atoms. The number of nitrogens with zero attached hydrogens (tertiary/aromatic N) is 5. The largest absolute Gasteiger partial charge is 0.493 e. The topological polar surface area (TPSA) is 132 Å². The van der Waals surface area contributed by atoms with E-state index in [4.69, 9.17) is 9.47 Å². The molecule has 0 unspecified atom stereocenters. The van der Waals surface area contributed by atoms with Gasteiger partial charge in [0.1, 0.15) is 11.5 Å². The number of hydrogen-bond donors (Lipinski definition) is 2. The van der Waals surface area contributed by atoms with Gasteiger partial charge in [-0.2, -0.15) is 5.10 Å². The minimum atomic E-state index is -1.13. The predicted molar refractivity (Wildman–Crippen MR) is 186 cm³/mol. The lowest BCUT2D eigenvalue weighted by Gasteiger charge is -2.38. The highest BCUT2D eigenvalue weighted by molar-refractivity contribution is 5.85. The molecular formula is C37H48N6O6. The van der Waals surface area contributed by atoms with Crippen molar-refractivity contribution in [1.82, 2.24) is 24.9 Å². The summed E-state index contributed by atoms with van der Waals surface area (Å²) >= 11 is 0. The molecule has 1 aliphatic carbocycles. The summed E-state index contributed by atoms with van der Waals surface area (Å²) in [7, 11) is 0. The molecule has 3 amide bonds. The summed E-state index contributed by atoms with van der Waals surface area (Å²) in [6, 6.07) is 14.2. The molecule has 0 radical (unpaired) electrons. The number of carboxylic acid groups (broad SMARTS) is 1. The minimum Gasteiger partial charge on any atom is -0.493 e. The standard InChI is InChI=1S/C37H48N6O6/c1-4-19-48-33-20-26(29-22-38-39-23-29)10-11-27(33)25-43(30-12-13-30)34(44)28-7-6-14-42(24-28)31-8-5-9-32(21-31)49-37(2,3)35(45)40-15-17-41(18-16-40)36(46)47/h5,8-11,20-23,28,30H,4,6-7,12-19,24-25H2,1-3H3,(H,38,39)(H,46,47)/t28-/m1/s1. The first kappa shape index (κ1) is 34.1. The van der Waals surface area contributed by atoms with Gasteiger partial charge in [0.25, 0.3) is 5.91 Å². The molecule has 1 atom stereocenters. The van der Waals surface area contributed by atoms with Gasteiger partial charge in [0, 0.05) is 80.9 Å². The molecule has 3 heterocycles. The van der Waals surface area contributed by atoms with E-state index in [1.807, 2.05) is 30.5 Å². The third-order valence-corrected chi connectivity index (χ3v) is 9.65. The van der Waals surface area contributed by atoms with Gasteiger partial charge in [0.15, 0.2) is 5.60 Å². The van der Waals surface area contributed by atoms with Crippen LogP contribution in [0.25, 0.3) is 11.1 Å². The lowest BCUT2D eigenvalue weighted by Crippen LogP contribution is -2.56. The van der Waals surface area contributed by atoms with Gasteiger partial charge in [-0.15, -0.1) is 0 Å². The van der Waals surface area contributed by atoms with Crippen molar-refractivity contribution in [2.45, 2.75) is 71.1 Å². The molecule has 1 aromatic heterocycles. The van der Waals surface area contributed by atoms with Crippen LogP contribution in [-0.2, 0) is 16.1 Å². The molecule has 0 bridgehead atoms. The van der Waals surface area contributed by atoms with Crippen molar-refractivity contribution < 1.29 is 29.0 Å². The van der Waals surface area contributed by atoms with Gasteiger partial charge in [-0.3, -0.25) is 14.7 Å². The number of benzene rings is 2.